The molecule has 0 saturated heterocycles. The zero-order chi connectivity index (χ0) is 23.3. The van der Waals surface area contributed by atoms with E-state index in [4.69, 9.17) is 24.7 Å². The van der Waals surface area contributed by atoms with Gasteiger partial charge in [0.05, 0.1) is 28.4 Å². The van der Waals surface area contributed by atoms with Crippen molar-refractivity contribution in [3.8, 4) is 23.0 Å². The molecule has 32 heavy (non-hydrogen) atoms. The van der Waals surface area contributed by atoms with E-state index in [1.807, 2.05) is 24.3 Å². The number of H-pyrrole nitrogens is 2. The van der Waals surface area contributed by atoms with E-state index in [0.29, 0.717) is 40.5 Å². The molecule has 9 heteroatoms. The molecule has 0 unspecified atom stereocenters. The van der Waals surface area contributed by atoms with Crippen LogP contribution in [0.3, 0.4) is 0 Å². The van der Waals surface area contributed by atoms with Crippen molar-refractivity contribution in [1.82, 2.24) is 10.2 Å². The molecule has 0 aliphatic carbocycles. The maximum atomic E-state index is 12.8. The summed E-state index contributed by atoms with van der Waals surface area (Å²) in [5, 5.41) is 5.58. The third-order valence-electron chi connectivity index (χ3n) is 5.30. The Kier molecular flexibility index (Phi) is 7.09. The molecule has 0 fully saturated rings. The standard InChI is InChI=1S/C23H27N3O6/c1-29-14-7-5-13(6-8-14)11-17-20(23(28)26-25-17)16(12-19(24)27)15-9-10-18(30-2)22(32-4)21(15)31-3/h5-10,16H,11-12H2,1-4H3,(H2,24,27)(H2,25,26,28)/t16-/m0/s1. The number of methoxy groups -OCH3 is 4. The molecule has 1 atom stereocenters. The van der Waals surface area contributed by atoms with Crippen LogP contribution in [0.15, 0.2) is 41.2 Å². The van der Waals surface area contributed by atoms with Crippen LogP contribution in [-0.2, 0) is 11.2 Å². The number of aromatic nitrogens is 2. The number of primary amides is 1. The van der Waals surface area contributed by atoms with Gasteiger partial charge in [0.15, 0.2) is 11.5 Å². The molecule has 4 N–H and O–H groups in total. The molecule has 1 aromatic heterocycles. The summed E-state index contributed by atoms with van der Waals surface area (Å²) in [4.78, 5) is 24.8. The number of ether oxygens (including phenoxy) is 4. The topological polar surface area (TPSA) is 129 Å². The lowest BCUT2D eigenvalue weighted by Crippen LogP contribution is -2.21. The Morgan fingerprint density at radius 3 is 2.16 bits per heavy atom. The van der Waals surface area contributed by atoms with Gasteiger partial charge in [-0.05, 0) is 23.8 Å². The maximum absolute atomic E-state index is 12.8. The number of hydrogen-bond donors (Lipinski definition) is 3. The van der Waals surface area contributed by atoms with Gasteiger partial charge in [0.1, 0.15) is 5.75 Å². The molecule has 2 aromatic carbocycles. The first kappa shape index (κ1) is 22.8. The summed E-state index contributed by atoms with van der Waals surface area (Å²) >= 11 is 0. The first-order chi connectivity index (χ1) is 15.4. The van der Waals surface area contributed by atoms with Crippen molar-refractivity contribution in [2.75, 3.05) is 28.4 Å². The molecule has 9 nitrogen and oxygen atoms in total. The summed E-state index contributed by atoms with van der Waals surface area (Å²) in [5.41, 5.74) is 7.83. The normalized spacial score (nSPS) is 11.6. The SMILES string of the molecule is COc1ccc(Cc2[nH][nH]c(=O)c2[C@@H](CC(N)=O)c2ccc(OC)c(OC)c2OC)cc1. The molecular weight excluding hydrogens is 414 g/mol. The number of nitrogens with two attached hydrogens (primary N) is 1. The van der Waals surface area contributed by atoms with E-state index in [1.54, 1.807) is 19.2 Å². The van der Waals surface area contributed by atoms with E-state index in [9.17, 15) is 9.59 Å². The molecule has 170 valence electrons. The predicted octanol–water partition coefficient (Wildman–Crippen LogP) is 2.34. The lowest BCUT2D eigenvalue weighted by Gasteiger charge is -2.21. The molecule has 0 saturated carbocycles. The van der Waals surface area contributed by atoms with Crippen molar-refractivity contribution >= 4 is 5.91 Å². The van der Waals surface area contributed by atoms with E-state index in [2.05, 4.69) is 10.2 Å². The molecule has 0 aliphatic heterocycles. The fraction of sp³-hybridized carbons (Fsp3) is 0.304. The highest BCUT2D eigenvalue weighted by molar-refractivity contribution is 5.76. The zero-order valence-electron chi connectivity index (χ0n) is 18.5. The lowest BCUT2D eigenvalue weighted by atomic mass is 9.86. The van der Waals surface area contributed by atoms with Gasteiger partial charge in [0.2, 0.25) is 11.7 Å². The number of amides is 1. The fourth-order valence-corrected chi connectivity index (χ4v) is 3.83. The number of hydrogen-bond acceptors (Lipinski definition) is 6. The highest BCUT2D eigenvalue weighted by Gasteiger charge is 2.29. The fourth-order valence-electron chi connectivity index (χ4n) is 3.83. The van der Waals surface area contributed by atoms with Crippen LogP contribution in [0.5, 0.6) is 23.0 Å². The molecule has 1 heterocycles. The number of carbonyl (C=O) groups excluding carboxylic acids is 1. The number of rotatable bonds is 10. The van der Waals surface area contributed by atoms with Crippen LogP contribution in [0.2, 0.25) is 0 Å². The van der Waals surface area contributed by atoms with E-state index in [1.165, 1.54) is 21.3 Å². The zero-order valence-corrected chi connectivity index (χ0v) is 18.5. The Morgan fingerprint density at radius 1 is 0.906 bits per heavy atom. The number of aromatic amines is 2. The van der Waals surface area contributed by atoms with E-state index in [-0.39, 0.29) is 12.0 Å². The minimum absolute atomic E-state index is 0.0949. The Balaban J connectivity index is 2.13. The highest BCUT2D eigenvalue weighted by Crippen LogP contribution is 2.45. The van der Waals surface area contributed by atoms with Crippen molar-refractivity contribution in [3.05, 3.63) is 69.1 Å². The van der Waals surface area contributed by atoms with Crippen molar-refractivity contribution in [3.63, 3.8) is 0 Å². The van der Waals surface area contributed by atoms with Crippen LogP contribution < -0.4 is 30.2 Å². The van der Waals surface area contributed by atoms with E-state index >= 15 is 0 Å². The Bertz CT molecular complexity index is 1130. The van der Waals surface area contributed by atoms with Gasteiger partial charge in [-0.25, -0.2) is 0 Å². The molecule has 0 spiro atoms. The largest absolute Gasteiger partial charge is 0.497 e. The van der Waals surface area contributed by atoms with Crippen molar-refractivity contribution in [2.24, 2.45) is 5.73 Å². The highest BCUT2D eigenvalue weighted by atomic mass is 16.5. The number of carbonyl (C=O) groups is 1. The van der Waals surface area contributed by atoms with Gasteiger partial charge >= 0.3 is 0 Å². The van der Waals surface area contributed by atoms with Crippen LogP contribution in [0.1, 0.15) is 34.7 Å². The summed E-state index contributed by atoms with van der Waals surface area (Å²) in [7, 11) is 6.09. The average molecular weight is 441 g/mol. The minimum Gasteiger partial charge on any atom is -0.497 e. The van der Waals surface area contributed by atoms with Crippen LogP contribution in [0.25, 0.3) is 0 Å². The Labute approximate surface area is 185 Å². The third kappa shape index (κ3) is 4.56. The van der Waals surface area contributed by atoms with Gasteiger partial charge in [-0.15, -0.1) is 0 Å². The first-order valence-corrected chi connectivity index (χ1v) is 9.92. The van der Waals surface area contributed by atoms with Gasteiger partial charge in [0, 0.05) is 35.6 Å². The Morgan fingerprint density at radius 2 is 1.59 bits per heavy atom. The second kappa shape index (κ2) is 9.95. The van der Waals surface area contributed by atoms with Crippen LogP contribution >= 0.6 is 0 Å². The minimum atomic E-state index is -0.662. The number of nitrogens with one attached hydrogen (secondary N) is 2. The molecule has 0 aliphatic rings. The summed E-state index contributed by atoms with van der Waals surface area (Å²) in [6.45, 7) is 0. The predicted molar refractivity (Wildman–Crippen MR) is 119 cm³/mol. The second-order valence-corrected chi connectivity index (χ2v) is 7.14. The maximum Gasteiger partial charge on any atom is 0.267 e. The summed E-state index contributed by atoms with van der Waals surface area (Å²) in [6.07, 6.45) is 0.339. The second-order valence-electron chi connectivity index (χ2n) is 7.14. The van der Waals surface area contributed by atoms with Crippen LogP contribution in [-0.4, -0.2) is 44.5 Å². The van der Waals surface area contributed by atoms with Gasteiger partial charge in [0.25, 0.3) is 5.56 Å². The van der Waals surface area contributed by atoms with Crippen molar-refractivity contribution in [2.45, 2.75) is 18.8 Å². The van der Waals surface area contributed by atoms with Gasteiger partial charge < -0.3 is 29.8 Å². The molecule has 3 aromatic rings. The van der Waals surface area contributed by atoms with Gasteiger partial charge in [-0.2, -0.15) is 0 Å². The quantitative estimate of drug-likeness (QED) is 0.443. The smallest absolute Gasteiger partial charge is 0.267 e. The molecule has 0 bridgehead atoms. The van der Waals surface area contributed by atoms with Crippen LogP contribution in [0, 0.1) is 0 Å². The lowest BCUT2D eigenvalue weighted by molar-refractivity contribution is -0.118. The van der Waals surface area contributed by atoms with Crippen molar-refractivity contribution in [1.29, 1.82) is 0 Å². The monoisotopic (exact) mass is 441 g/mol. The molecule has 3 rings (SSSR count). The molecular formula is C23H27N3O6. The summed E-state index contributed by atoms with van der Waals surface area (Å²) in [5.74, 6) is 0.721. The summed E-state index contributed by atoms with van der Waals surface area (Å²) < 4.78 is 21.6. The first-order valence-electron chi connectivity index (χ1n) is 9.92. The van der Waals surface area contributed by atoms with Gasteiger partial charge in [-0.1, -0.05) is 18.2 Å². The Hall–Kier alpha value is -3.88. The third-order valence-corrected chi connectivity index (χ3v) is 5.30. The summed E-state index contributed by atoms with van der Waals surface area (Å²) in [6, 6.07) is 11.0. The molecule has 0 radical (unpaired) electrons. The van der Waals surface area contributed by atoms with E-state index in [0.717, 1.165) is 11.3 Å². The average Bonchev–Trinajstić information content (AvgIpc) is 3.16. The van der Waals surface area contributed by atoms with Gasteiger partial charge in [-0.3, -0.25) is 14.7 Å². The van der Waals surface area contributed by atoms with Crippen LogP contribution in [0.4, 0.5) is 0 Å². The molecule has 1 amide bonds. The van der Waals surface area contributed by atoms with E-state index < -0.39 is 11.8 Å². The number of benzene rings is 2. The van der Waals surface area contributed by atoms with Crippen molar-refractivity contribution < 1.29 is 23.7 Å².